The summed E-state index contributed by atoms with van der Waals surface area (Å²) < 4.78 is 2.16. The van der Waals surface area contributed by atoms with E-state index >= 15 is 0 Å². The van der Waals surface area contributed by atoms with E-state index in [0.29, 0.717) is 5.92 Å². The fraction of sp³-hybridized carbons (Fsp3) is 0.571. The number of thiol groups is 1. The standard InChI is InChI=1S/C7H15N3OS/c1-5(2)6(8-3)4-9-7(11)10-12/h4-5,8,12H,1-3H3,(H2,9,10,11)/b6-4+. The van der Waals surface area contributed by atoms with Gasteiger partial charge in [0.1, 0.15) is 0 Å². The molecule has 70 valence electrons. The Kier molecular flexibility index (Phi) is 5.36. The van der Waals surface area contributed by atoms with E-state index in [0.717, 1.165) is 5.70 Å². The van der Waals surface area contributed by atoms with Crippen LogP contribution in [0.15, 0.2) is 11.9 Å². The van der Waals surface area contributed by atoms with Crippen molar-refractivity contribution in [3.8, 4) is 0 Å². The van der Waals surface area contributed by atoms with Gasteiger partial charge >= 0.3 is 6.03 Å². The molecule has 0 rings (SSSR count). The Hall–Kier alpha value is -0.840. The highest BCUT2D eigenvalue weighted by atomic mass is 32.1. The van der Waals surface area contributed by atoms with Crippen LogP contribution in [0.2, 0.25) is 0 Å². The second-order valence-corrected chi connectivity index (χ2v) is 2.81. The summed E-state index contributed by atoms with van der Waals surface area (Å²) in [6.07, 6.45) is 1.62. The SMILES string of the molecule is CN/C(=C/NC(=O)NS)C(C)C. The highest BCUT2D eigenvalue weighted by molar-refractivity contribution is 7.78. The predicted molar refractivity (Wildman–Crippen MR) is 52.6 cm³/mol. The zero-order valence-electron chi connectivity index (χ0n) is 7.51. The summed E-state index contributed by atoms with van der Waals surface area (Å²) in [4.78, 5) is 10.7. The van der Waals surface area contributed by atoms with Crippen LogP contribution in [-0.2, 0) is 0 Å². The molecule has 0 aromatic heterocycles. The first-order valence-corrected chi connectivity index (χ1v) is 4.15. The number of carbonyl (C=O) groups is 1. The lowest BCUT2D eigenvalue weighted by atomic mass is 10.1. The maximum Gasteiger partial charge on any atom is 0.328 e. The van der Waals surface area contributed by atoms with E-state index in [1.807, 2.05) is 20.9 Å². The van der Waals surface area contributed by atoms with Gasteiger partial charge in [0, 0.05) is 18.9 Å². The van der Waals surface area contributed by atoms with E-state index in [4.69, 9.17) is 0 Å². The van der Waals surface area contributed by atoms with Crippen molar-refractivity contribution in [3.63, 3.8) is 0 Å². The molecule has 12 heavy (non-hydrogen) atoms. The van der Waals surface area contributed by atoms with Gasteiger partial charge in [0.15, 0.2) is 0 Å². The van der Waals surface area contributed by atoms with E-state index in [9.17, 15) is 4.79 Å². The van der Waals surface area contributed by atoms with Crippen molar-refractivity contribution in [3.05, 3.63) is 11.9 Å². The van der Waals surface area contributed by atoms with Crippen LogP contribution >= 0.6 is 12.8 Å². The van der Waals surface area contributed by atoms with Gasteiger partial charge in [0.25, 0.3) is 0 Å². The first-order chi connectivity index (χ1) is 5.61. The Bertz CT molecular complexity index is 179. The molecular formula is C7H15N3OS. The number of rotatable bonds is 3. The Morgan fingerprint density at radius 1 is 1.50 bits per heavy atom. The molecule has 0 aliphatic carbocycles. The lowest BCUT2D eigenvalue weighted by Gasteiger charge is -2.10. The summed E-state index contributed by atoms with van der Waals surface area (Å²) in [7, 11) is 1.81. The molecule has 0 aromatic carbocycles. The summed E-state index contributed by atoms with van der Waals surface area (Å²) in [5, 5.41) is 5.49. The molecule has 0 saturated carbocycles. The number of hydrogen-bond donors (Lipinski definition) is 4. The zero-order valence-corrected chi connectivity index (χ0v) is 8.40. The fourth-order valence-corrected chi connectivity index (χ4v) is 0.768. The summed E-state index contributed by atoms with van der Waals surface area (Å²) in [6, 6.07) is -0.341. The first kappa shape index (κ1) is 11.2. The Morgan fingerprint density at radius 3 is 2.42 bits per heavy atom. The van der Waals surface area contributed by atoms with E-state index in [1.54, 1.807) is 6.20 Å². The van der Waals surface area contributed by atoms with Gasteiger partial charge in [0.05, 0.1) is 0 Å². The van der Waals surface area contributed by atoms with Crippen molar-refractivity contribution in [1.29, 1.82) is 0 Å². The second-order valence-electron chi connectivity index (χ2n) is 2.59. The molecule has 0 unspecified atom stereocenters. The van der Waals surface area contributed by atoms with Crippen molar-refractivity contribution in [2.75, 3.05) is 7.05 Å². The minimum atomic E-state index is -0.341. The number of allylic oxidation sites excluding steroid dienone is 1. The molecule has 0 saturated heterocycles. The van der Waals surface area contributed by atoms with Gasteiger partial charge < -0.3 is 10.6 Å². The smallest absolute Gasteiger partial charge is 0.328 e. The number of carbonyl (C=O) groups excluding carboxylic acids is 1. The fourth-order valence-electron chi connectivity index (χ4n) is 0.703. The van der Waals surface area contributed by atoms with Crippen molar-refractivity contribution in [1.82, 2.24) is 15.4 Å². The monoisotopic (exact) mass is 189 g/mol. The van der Waals surface area contributed by atoms with Crippen LogP contribution in [0.5, 0.6) is 0 Å². The maximum absolute atomic E-state index is 10.7. The summed E-state index contributed by atoms with van der Waals surface area (Å²) in [6.45, 7) is 4.06. The van der Waals surface area contributed by atoms with Crippen LogP contribution in [0, 0.1) is 5.92 Å². The maximum atomic E-state index is 10.7. The lowest BCUT2D eigenvalue weighted by molar-refractivity contribution is 0.249. The molecule has 4 nitrogen and oxygen atoms in total. The van der Waals surface area contributed by atoms with Crippen molar-refractivity contribution >= 4 is 18.8 Å². The van der Waals surface area contributed by atoms with Crippen LogP contribution in [0.25, 0.3) is 0 Å². The number of hydrogen-bond acceptors (Lipinski definition) is 3. The second kappa shape index (κ2) is 5.77. The quantitative estimate of drug-likeness (QED) is 0.497. The Labute approximate surface area is 78.3 Å². The highest BCUT2D eigenvalue weighted by Gasteiger charge is 2.00. The van der Waals surface area contributed by atoms with Crippen LogP contribution in [0.1, 0.15) is 13.8 Å². The molecule has 2 amide bonds. The molecule has 0 atom stereocenters. The van der Waals surface area contributed by atoms with Crippen molar-refractivity contribution in [2.24, 2.45) is 5.92 Å². The van der Waals surface area contributed by atoms with Gasteiger partial charge in [-0.3, -0.25) is 4.72 Å². The molecule has 0 bridgehead atoms. The molecular weight excluding hydrogens is 174 g/mol. The normalized spacial score (nSPS) is 11.2. The Morgan fingerprint density at radius 2 is 2.08 bits per heavy atom. The molecule has 0 spiro atoms. The minimum absolute atomic E-state index is 0.341. The number of nitrogens with one attached hydrogen (secondary N) is 3. The molecule has 0 heterocycles. The number of amides is 2. The predicted octanol–water partition coefficient (Wildman–Crippen LogP) is 0.847. The molecule has 0 radical (unpaired) electrons. The molecule has 0 aromatic rings. The van der Waals surface area contributed by atoms with E-state index in [-0.39, 0.29) is 6.03 Å². The van der Waals surface area contributed by atoms with E-state index in [1.165, 1.54) is 0 Å². The van der Waals surface area contributed by atoms with Crippen LogP contribution in [0.4, 0.5) is 4.79 Å². The van der Waals surface area contributed by atoms with Gasteiger partial charge in [-0.05, 0) is 5.92 Å². The van der Waals surface area contributed by atoms with Gasteiger partial charge in [-0.25, -0.2) is 4.79 Å². The highest BCUT2D eigenvalue weighted by Crippen LogP contribution is 2.02. The molecule has 0 aliphatic heterocycles. The molecule has 0 aliphatic rings. The van der Waals surface area contributed by atoms with Gasteiger partial charge in [-0.1, -0.05) is 26.7 Å². The Balaban J connectivity index is 4.03. The van der Waals surface area contributed by atoms with E-state index < -0.39 is 0 Å². The van der Waals surface area contributed by atoms with Crippen LogP contribution in [-0.4, -0.2) is 13.1 Å². The van der Waals surface area contributed by atoms with Crippen LogP contribution < -0.4 is 15.4 Å². The van der Waals surface area contributed by atoms with E-state index in [2.05, 4.69) is 28.2 Å². The summed E-state index contributed by atoms with van der Waals surface area (Å²) >= 11 is 3.59. The lowest BCUT2D eigenvalue weighted by Crippen LogP contribution is -2.27. The average Bonchev–Trinajstić information content (AvgIpc) is 2.04. The van der Waals surface area contributed by atoms with Gasteiger partial charge in [-0.15, -0.1) is 0 Å². The summed E-state index contributed by atoms with van der Waals surface area (Å²) in [5.74, 6) is 0.357. The van der Waals surface area contributed by atoms with Crippen molar-refractivity contribution in [2.45, 2.75) is 13.8 Å². The first-order valence-electron chi connectivity index (χ1n) is 3.70. The molecule has 3 N–H and O–H groups in total. The van der Waals surface area contributed by atoms with Crippen molar-refractivity contribution < 1.29 is 4.79 Å². The molecule has 5 heteroatoms. The third-order valence-electron chi connectivity index (χ3n) is 1.37. The van der Waals surface area contributed by atoms with Crippen LogP contribution in [0.3, 0.4) is 0 Å². The number of urea groups is 1. The zero-order chi connectivity index (χ0) is 9.56. The van der Waals surface area contributed by atoms with Gasteiger partial charge in [0.2, 0.25) is 0 Å². The largest absolute Gasteiger partial charge is 0.390 e. The molecule has 0 fully saturated rings. The van der Waals surface area contributed by atoms with Gasteiger partial charge in [-0.2, -0.15) is 0 Å². The average molecular weight is 189 g/mol. The third kappa shape index (κ3) is 4.12. The third-order valence-corrected chi connectivity index (χ3v) is 1.57. The summed E-state index contributed by atoms with van der Waals surface area (Å²) in [5.41, 5.74) is 0.965. The topological polar surface area (TPSA) is 53.2 Å². The minimum Gasteiger partial charge on any atom is -0.390 e.